The van der Waals surface area contributed by atoms with Crippen LogP contribution in [0.25, 0.3) is 0 Å². The van der Waals surface area contributed by atoms with Gasteiger partial charge in [-0.25, -0.2) is 0 Å². The Bertz CT molecular complexity index is 190. The van der Waals surface area contributed by atoms with Gasteiger partial charge in [-0.1, -0.05) is 72.1 Å². The zero-order valence-corrected chi connectivity index (χ0v) is 12.7. The highest BCUT2D eigenvalue weighted by Crippen LogP contribution is 2.10. The smallest absolute Gasteiger partial charge is 0.308 e. The molecule has 0 aromatic heterocycles. The van der Waals surface area contributed by atoms with Crippen LogP contribution in [0.2, 0.25) is 0 Å². The fraction of sp³-hybridized carbons (Fsp3) is 0.938. The van der Waals surface area contributed by atoms with E-state index in [0.29, 0.717) is 6.61 Å². The fourth-order valence-electron chi connectivity index (χ4n) is 2.10. The van der Waals surface area contributed by atoms with Crippen molar-refractivity contribution in [3.63, 3.8) is 0 Å². The van der Waals surface area contributed by atoms with Crippen LogP contribution in [0.1, 0.15) is 85.0 Å². The van der Waals surface area contributed by atoms with Gasteiger partial charge in [0.25, 0.3) is 0 Å². The largest absolute Gasteiger partial charge is 0.465 e. The Balaban J connectivity index is 3.22. The van der Waals surface area contributed by atoms with E-state index < -0.39 is 0 Å². The van der Waals surface area contributed by atoms with Crippen LogP contribution in [0.15, 0.2) is 0 Å². The SMILES string of the molecule is CCCCCCCCCCOC(=O)C(C)CCC. The highest BCUT2D eigenvalue weighted by molar-refractivity contribution is 5.71. The number of carbonyl (C=O) groups excluding carboxylic acids is 1. The Kier molecular flexibility index (Phi) is 12.5. The monoisotopic (exact) mass is 256 g/mol. The first-order valence-corrected chi connectivity index (χ1v) is 7.89. The molecule has 0 amide bonds. The summed E-state index contributed by atoms with van der Waals surface area (Å²) in [6.45, 7) is 6.91. The first-order valence-electron chi connectivity index (χ1n) is 7.89. The third-order valence-electron chi connectivity index (χ3n) is 3.37. The van der Waals surface area contributed by atoms with Gasteiger partial charge in [0.05, 0.1) is 12.5 Å². The van der Waals surface area contributed by atoms with Crippen molar-refractivity contribution in [2.24, 2.45) is 5.92 Å². The van der Waals surface area contributed by atoms with Crippen molar-refractivity contribution in [3.8, 4) is 0 Å². The van der Waals surface area contributed by atoms with Crippen molar-refractivity contribution in [2.45, 2.75) is 85.0 Å². The van der Waals surface area contributed by atoms with E-state index in [1.54, 1.807) is 0 Å². The number of hydrogen-bond acceptors (Lipinski definition) is 2. The van der Waals surface area contributed by atoms with Crippen molar-refractivity contribution in [1.82, 2.24) is 0 Å². The lowest BCUT2D eigenvalue weighted by atomic mass is 10.1. The van der Waals surface area contributed by atoms with Crippen LogP contribution in [-0.4, -0.2) is 12.6 Å². The molecule has 0 radical (unpaired) electrons. The molecule has 108 valence electrons. The summed E-state index contributed by atoms with van der Waals surface area (Å²) in [7, 11) is 0. The zero-order valence-electron chi connectivity index (χ0n) is 12.7. The summed E-state index contributed by atoms with van der Waals surface area (Å²) in [5, 5.41) is 0. The molecule has 0 aromatic rings. The Hall–Kier alpha value is -0.530. The van der Waals surface area contributed by atoms with Gasteiger partial charge in [0.15, 0.2) is 0 Å². The molecule has 0 saturated carbocycles. The van der Waals surface area contributed by atoms with Gasteiger partial charge in [-0.3, -0.25) is 4.79 Å². The number of unbranched alkanes of at least 4 members (excludes halogenated alkanes) is 7. The maximum Gasteiger partial charge on any atom is 0.308 e. The summed E-state index contributed by atoms with van der Waals surface area (Å²) in [4.78, 5) is 11.5. The minimum Gasteiger partial charge on any atom is -0.465 e. The topological polar surface area (TPSA) is 26.3 Å². The molecule has 0 spiro atoms. The Labute approximate surface area is 113 Å². The van der Waals surface area contributed by atoms with Gasteiger partial charge in [0, 0.05) is 0 Å². The van der Waals surface area contributed by atoms with Crippen LogP contribution in [-0.2, 0) is 9.53 Å². The van der Waals surface area contributed by atoms with Crippen LogP contribution in [0, 0.1) is 5.92 Å². The van der Waals surface area contributed by atoms with Crippen LogP contribution in [0.5, 0.6) is 0 Å². The third kappa shape index (κ3) is 10.6. The van der Waals surface area contributed by atoms with Gasteiger partial charge in [-0.05, 0) is 12.8 Å². The lowest BCUT2D eigenvalue weighted by Gasteiger charge is -2.10. The van der Waals surface area contributed by atoms with E-state index in [1.165, 1.54) is 44.9 Å². The van der Waals surface area contributed by atoms with Gasteiger partial charge >= 0.3 is 5.97 Å². The van der Waals surface area contributed by atoms with Crippen molar-refractivity contribution in [2.75, 3.05) is 6.61 Å². The second kappa shape index (κ2) is 12.9. The number of hydrogen-bond donors (Lipinski definition) is 0. The average Bonchev–Trinajstić information content (AvgIpc) is 2.36. The number of rotatable bonds is 12. The van der Waals surface area contributed by atoms with Crippen LogP contribution >= 0.6 is 0 Å². The average molecular weight is 256 g/mol. The molecule has 2 nitrogen and oxygen atoms in total. The van der Waals surface area contributed by atoms with E-state index in [0.717, 1.165) is 19.3 Å². The van der Waals surface area contributed by atoms with Gasteiger partial charge in [0.2, 0.25) is 0 Å². The molecule has 2 heteroatoms. The fourth-order valence-corrected chi connectivity index (χ4v) is 2.10. The van der Waals surface area contributed by atoms with Crippen molar-refractivity contribution in [1.29, 1.82) is 0 Å². The normalized spacial score (nSPS) is 12.4. The molecule has 0 N–H and O–H groups in total. The molecule has 0 aliphatic heterocycles. The minimum absolute atomic E-state index is 0.0141. The van der Waals surface area contributed by atoms with E-state index in [2.05, 4.69) is 13.8 Å². The highest BCUT2D eigenvalue weighted by atomic mass is 16.5. The van der Waals surface area contributed by atoms with Crippen LogP contribution in [0.4, 0.5) is 0 Å². The molecule has 0 aromatic carbocycles. The number of carbonyl (C=O) groups is 1. The van der Waals surface area contributed by atoms with Gasteiger partial charge in [-0.15, -0.1) is 0 Å². The van der Waals surface area contributed by atoms with Gasteiger partial charge in [-0.2, -0.15) is 0 Å². The molecule has 18 heavy (non-hydrogen) atoms. The summed E-state index contributed by atoms with van der Waals surface area (Å²) in [6, 6.07) is 0. The maximum atomic E-state index is 11.5. The summed E-state index contributed by atoms with van der Waals surface area (Å²) >= 11 is 0. The van der Waals surface area contributed by atoms with Gasteiger partial charge in [0.1, 0.15) is 0 Å². The van der Waals surface area contributed by atoms with E-state index >= 15 is 0 Å². The summed E-state index contributed by atoms with van der Waals surface area (Å²) in [5.41, 5.74) is 0. The molecule has 0 aliphatic rings. The zero-order chi connectivity index (χ0) is 13.6. The molecule has 1 unspecified atom stereocenters. The van der Waals surface area contributed by atoms with E-state index in [-0.39, 0.29) is 11.9 Å². The summed E-state index contributed by atoms with van der Waals surface area (Å²) < 4.78 is 5.26. The van der Waals surface area contributed by atoms with Crippen LogP contribution < -0.4 is 0 Å². The Morgan fingerprint density at radius 2 is 1.44 bits per heavy atom. The quantitative estimate of drug-likeness (QED) is 0.358. The second-order valence-electron chi connectivity index (χ2n) is 5.33. The van der Waals surface area contributed by atoms with Gasteiger partial charge < -0.3 is 4.74 Å². The lowest BCUT2D eigenvalue weighted by Crippen LogP contribution is -2.15. The first kappa shape index (κ1) is 17.5. The molecule has 0 fully saturated rings. The molecule has 1 atom stereocenters. The van der Waals surface area contributed by atoms with Crippen molar-refractivity contribution < 1.29 is 9.53 Å². The molecule has 0 heterocycles. The molecular weight excluding hydrogens is 224 g/mol. The molecule has 0 saturated heterocycles. The Morgan fingerprint density at radius 1 is 0.889 bits per heavy atom. The van der Waals surface area contributed by atoms with Crippen molar-refractivity contribution in [3.05, 3.63) is 0 Å². The predicted octanol–water partition coefficient (Wildman–Crippen LogP) is 5.11. The molecule has 0 aliphatic carbocycles. The van der Waals surface area contributed by atoms with E-state index in [9.17, 15) is 4.79 Å². The Morgan fingerprint density at radius 3 is 2.00 bits per heavy atom. The second-order valence-corrected chi connectivity index (χ2v) is 5.33. The number of ether oxygens (including phenoxy) is 1. The lowest BCUT2D eigenvalue weighted by molar-refractivity contribution is -0.148. The van der Waals surface area contributed by atoms with E-state index in [1.807, 2.05) is 6.92 Å². The first-order chi connectivity index (χ1) is 8.72. The third-order valence-corrected chi connectivity index (χ3v) is 3.37. The maximum absolute atomic E-state index is 11.5. The molecule has 0 bridgehead atoms. The number of esters is 1. The molecular formula is C16H32O2. The summed E-state index contributed by atoms with van der Waals surface area (Å²) in [5.74, 6) is 0.0591. The highest BCUT2D eigenvalue weighted by Gasteiger charge is 2.12. The van der Waals surface area contributed by atoms with E-state index in [4.69, 9.17) is 4.74 Å². The van der Waals surface area contributed by atoms with Crippen LogP contribution in [0.3, 0.4) is 0 Å². The summed E-state index contributed by atoms with van der Waals surface area (Å²) in [6.07, 6.45) is 12.2. The minimum atomic E-state index is -0.0141. The molecule has 0 rings (SSSR count). The standard InChI is InChI=1S/C16H32O2/c1-4-6-7-8-9-10-11-12-14-18-16(17)15(3)13-5-2/h15H,4-14H2,1-3H3. The van der Waals surface area contributed by atoms with Crippen molar-refractivity contribution >= 4 is 5.97 Å². The predicted molar refractivity (Wildman–Crippen MR) is 77.6 cm³/mol.